The average Bonchev–Trinajstić information content (AvgIpc) is 2.96. The van der Waals surface area contributed by atoms with Crippen molar-refractivity contribution in [1.29, 1.82) is 0 Å². The highest BCUT2D eigenvalue weighted by Gasteiger charge is 2.72. The molecule has 1 aliphatic carbocycles. The van der Waals surface area contributed by atoms with Crippen molar-refractivity contribution in [3.8, 4) is 0 Å². The molecule has 0 unspecified atom stereocenters. The summed E-state index contributed by atoms with van der Waals surface area (Å²) in [4.78, 5) is 35.0. The number of halogens is 3. The van der Waals surface area contributed by atoms with Crippen LogP contribution in [0.5, 0.6) is 0 Å². The van der Waals surface area contributed by atoms with Crippen LogP contribution >= 0.6 is 0 Å². The molecule has 2 rings (SSSR count). The van der Waals surface area contributed by atoms with Gasteiger partial charge >= 0.3 is 12.2 Å². The molecular formula is C10H11F3N2O3. The van der Waals surface area contributed by atoms with Crippen molar-refractivity contribution in [3.63, 3.8) is 0 Å². The van der Waals surface area contributed by atoms with Crippen molar-refractivity contribution >= 4 is 17.8 Å². The quantitative estimate of drug-likeness (QED) is 0.723. The van der Waals surface area contributed by atoms with Crippen LogP contribution in [0.4, 0.5) is 18.0 Å². The van der Waals surface area contributed by atoms with E-state index >= 15 is 0 Å². The van der Waals surface area contributed by atoms with E-state index in [9.17, 15) is 27.6 Å². The lowest BCUT2D eigenvalue weighted by atomic mass is 9.87. The van der Waals surface area contributed by atoms with E-state index in [0.29, 0.717) is 0 Å². The third-order valence-electron chi connectivity index (χ3n) is 3.41. The molecule has 1 saturated carbocycles. The Morgan fingerprint density at radius 1 is 1.17 bits per heavy atom. The fraction of sp³-hybridized carbons (Fsp3) is 0.700. The van der Waals surface area contributed by atoms with Crippen molar-refractivity contribution < 1.29 is 27.6 Å². The van der Waals surface area contributed by atoms with E-state index in [1.165, 1.54) is 13.8 Å². The van der Waals surface area contributed by atoms with Crippen LogP contribution in [-0.4, -0.2) is 34.5 Å². The first kappa shape index (κ1) is 12.8. The lowest BCUT2D eigenvalue weighted by Crippen LogP contribution is -2.67. The minimum atomic E-state index is -4.68. The van der Waals surface area contributed by atoms with Gasteiger partial charge in [0, 0.05) is 0 Å². The minimum absolute atomic E-state index is 0.161. The minimum Gasteiger partial charge on any atom is -0.277 e. The number of alkyl halides is 3. The van der Waals surface area contributed by atoms with Gasteiger partial charge in [0.1, 0.15) is 11.0 Å². The third kappa shape index (κ3) is 1.44. The van der Waals surface area contributed by atoms with Crippen LogP contribution in [-0.2, 0) is 9.59 Å². The number of urea groups is 1. The molecular weight excluding hydrogens is 253 g/mol. The van der Waals surface area contributed by atoms with Gasteiger partial charge in [-0.1, -0.05) is 0 Å². The van der Waals surface area contributed by atoms with Gasteiger partial charge in [0.05, 0.1) is 0 Å². The number of hydrogen-bond donors (Lipinski definition) is 1. The Morgan fingerprint density at radius 3 is 2.06 bits per heavy atom. The van der Waals surface area contributed by atoms with Gasteiger partial charge in [-0.2, -0.15) is 13.2 Å². The van der Waals surface area contributed by atoms with Gasteiger partial charge in [-0.05, 0) is 26.7 Å². The molecule has 0 aromatic rings. The number of barbiturate groups is 1. The van der Waals surface area contributed by atoms with E-state index in [4.69, 9.17) is 0 Å². The van der Waals surface area contributed by atoms with E-state index in [1.807, 2.05) is 0 Å². The maximum Gasteiger partial charge on any atom is 0.412 e. The first-order valence-corrected chi connectivity index (χ1v) is 5.31. The molecule has 1 heterocycles. The molecule has 100 valence electrons. The predicted molar refractivity (Wildman–Crippen MR) is 52.2 cm³/mol. The highest BCUT2D eigenvalue weighted by molar-refractivity contribution is 6.19. The summed E-state index contributed by atoms with van der Waals surface area (Å²) in [5.41, 5.74) is -4.11. The monoisotopic (exact) mass is 264 g/mol. The first-order chi connectivity index (χ1) is 8.04. The van der Waals surface area contributed by atoms with Crippen molar-refractivity contribution in [3.05, 3.63) is 0 Å². The second-order valence-corrected chi connectivity index (χ2v) is 5.05. The van der Waals surface area contributed by atoms with Gasteiger partial charge in [-0.3, -0.25) is 14.9 Å². The molecule has 0 atom stereocenters. The van der Waals surface area contributed by atoms with E-state index in [-0.39, 0.29) is 17.7 Å². The number of amides is 4. The molecule has 0 aromatic carbocycles. The topological polar surface area (TPSA) is 66.5 Å². The van der Waals surface area contributed by atoms with Gasteiger partial charge < -0.3 is 0 Å². The molecule has 5 nitrogen and oxygen atoms in total. The van der Waals surface area contributed by atoms with Gasteiger partial charge in [-0.25, -0.2) is 9.69 Å². The van der Waals surface area contributed by atoms with Crippen molar-refractivity contribution in [1.82, 2.24) is 10.2 Å². The molecule has 2 fully saturated rings. The Balaban J connectivity index is 2.43. The molecule has 18 heavy (non-hydrogen) atoms. The van der Waals surface area contributed by atoms with Gasteiger partial charge in [-0.15, -0.1) is 0 Å². The highest BCUT2D eigenvalue weighted by Crippen LogP contribution is 2.55. The van der Waals surface area contributed by atoms with Crippen molar-refractivity contribution in [2.75, 3.05) is 0 Å². The van der Waals surface area contributed by atoms with Crippen LogP contribution in [0.25, 0.3) is 0 Å². The Bertz CT molecular complexity index is 452. The van der Waals surface area contributed by atoms with Crippen molar-refractivity contribution in [2.24, 2.45) is 5.41 Å². The molecule has 1 N–H and O–H groups in total. The van der Waals surface area contributed by atoms with Crippen LogP contribution in [0.2, 0.25) is 0 Å². The molecule has 1 aliphatic heterocycles. The number of carbonyl (C=O) groups excluding carboxylic acids is 3. The van der Waals surface area contributed by atoms with Gasteiger partial charge in [0.15, 0.2) is 0 Å². The second kappa shape index (κ2) is 3.24. The summed E-state index contributed by atoms with van der Waals surface area (Å²) in [6.07, 6.45) is -5.32. The normalized spacial score (nSPS) is 26.1. The number of rotatable bonds is 1. The number of nitrogens with zero attached hydrogens (tertiary/aromatic N) is 1. The summed E-state index contributed by atoms with van der Waals surface area (Å²) in [5.74, 6) is -1.99. The highest BCUT2D eigenvalue weighted by atomic mass is 19.4. The first-order valence-electron chi connectivity index (χ1n) is 5.31. The number of imide groups is 2. The maximum absolute atomic E-state index is 12.9. The summed E-state index contributed by atoms with van der Waals surface area (Å²) in [6, 6.07) is -1.29. The maximum atomic E-state index is 12.9. The Kier molecular flexibility index (Phi) is 2.31. The lowest BCUT2D eigenvalue weighted by Gasteiger charge is -2.39. The Hall–Kier alpha value is -1.60. The van der Waals surface area contributed by atoms with Gasteiger partial charge in [0.2, 0.25) is 11.8 Å². The molecule has 1 saturated heterocycles. The summed E-state index contributed by atoms with van der Waals surface area (Å²) < 4.78 is 38.8. The lowest BCUT2D eigenvalue weighted by molar-refractivity contribution is -0.197. The fourth-order valence-corrected chi connectivity index (χ4v) is 1.92. The number of hydrogen-bond acceptors (Lipinski definition) is 3. The largest absolute Gasteiger partial charge is 0.412 e. The van der Waals surface area contributed by atoms with E-state index in [0.717, 1.165) is 0 Å². The van der Waals surface area contributed by atoms with Crippen LogP contribution in [0, 0.1) is 5.41 Å². The van der Waals surface area contributed by atoms with Crippen molar-refractivity contribution in [2.45, 2.75) is 38.4 Å². The fourth-order valence-electron chi connectivity index (χ4n) is 1.92. The van der Waals surface area contributed by atoms with E-state index < -0.39 is 35.0 Å². The molecule has 4 amide bonds. The predicted octanol–water partition coefficient (Wildman–Crippen LogP) is 1.19. The summed E-state index contributed by atoms with van der Waals surface area (Å²) in [7, 11) is 0. The molecule has 0 radical (unpaired) electrons. The molecule has 2 aliphatic rings. The molecule has 0 bridgehead atoms. The Labute approximate surface area is 100 Å². The van der Waals surface area contributed by atoms with Crippen LogP contribution in [0.15, 0.2) is 0 Å². The third-order valence-corrected chi connectivity index (χ3v) is 3.41. The summed E-state index contributed by atoms with van der Waals surface area (Å²) >= 11 is 0. The van der Waals surface area contributed by atoms with Crippen LogP contribution in [0.3, 0.4) is 0 Å². The summed E-state index contributed by atoms with van der Waals surface area (Å²) in [5, 5.41) is 1.80. The SMILES string of the molecule is CC1(C)C(=O)NC(=O)N(C2(C(F)(F)F)CC2)C1=O. The average molecular weight is 264 g/mol. The van der Waals surface area contributed by atoms with Crippen LogP contribution in [0.1, 0.15) is 26.7 Å². The zero-order chi connectivity index (χ0) is 13.9. The number of nitrogens with one attached hydrogen (secondary N) is 1. The van der Waals surface area contributed by atoms with E-state index in [2.05, 4.69) is 0 Å². The summed E-state index contributed by atoms with van der Waals surface area (Å²) in [6.45, 7) is 2.38. The Morgan fingerprint density at radius 2 is 1.67 bits per heavy atom. The van der Waals surface area contributed by atoms with E-state index in [1.54, 1.807) is 5.32 Å². The molecule has 0 spiro atoms. The molecule has 0 aromatic heterocycles. The molecule has 8 heteroatoms. The zero-order valence-electron chi connectivity index (χ0n) is 9.72. The van der Waals surface area contributed by atoms with Crippen LogP contribution < -0.4 is 5.32 Å². The number of carbonyl (C=O) groups is 3. The zero-order valence-corrected chi connectivity index (χ0v) is 9.72. The second-order valence-electron chi connectivity index (χ2n) is 5.05. The van der Waals surface area contributed by atoms with Gasteiger partial charge in [0.25, 0.3) is 0 Å². The standard InChI is InChI=1S/C10H11F3N2O3/c1-8(2)5(16)14-7(18)15(6(8)17)9(3-4-9)10(11,12)13/h3-4H2,1-2H3,(H,14,16,18). The smallest absolute Gasteiger partial charge is 0.277 e.